The number of hydrogen-bond donors (Lipinski definition) is 0. The molecule has 0 aliphatic carbocycles. The number of rotatable bonds is 2. The summed E-state index contributed by atoms with van der Waals surface area (Å²) in [6, 6.07) is 13.9. The fourth-order valence-corrected chi connectivity index (χ4v) is 4.22. The van der Waals surface area contributed by atoms with Crippen LogP contribution in [0.25, 0.3) is 0 Å². The predicted octanol–water partition coefficient (Wildman–Crippen LogP) is 2.62. The van der Waals surface area contributed by atoms with Crippen LogP contribution in [0.1, 0.15) is 16.7 Å². The topological polar surface area (TPSA) is 61.2 Å². The largest absolute Gasteiger partial charge is 0.266 e. The Morgan fingerprint density at radius 1 is 1.19 bits per heavy atom. The minimum atomic E-state index is -3.57. The number of fused-ring (bicyclic) bond motifs is 1. The molecular formula is C16H14N2O2S. The van der Waals surface area contributed by atoms with Gasteiger partial charge in [-0.1, -0.05) is 18.2 Å². The number of anilines is 1. The number of benzene rings is 2. The molecule has 0 spiro atoms. The van der Waals surface area contributed by atoms with E-state index in [1.54, 1.807) is 42.5 Å². The van der Waals surface area contributed by atoms with Gasteiger partial charge in [0.1, 0.15) is 0 Å². The van der Waals surface area contributed by atoms with Crippen molar-refractivity contribution in [1.29, 1.82) is 5.26 Å². The van der Waals surface area contributed by atoms with Crippen LogP contribution in [0.15, 0.2) is 47.4 Å². The average Bonchev–Trinajstić information content (AvgIpc) is 2.93. The Balaban J connectivity index is 2.14. The fourth-order valence-electron chi connectivity index (χ4n) is 2.71. The first-order chi connectivity index (χ1) is 10.0. The Labute approximate surface area is 124 Å². The molecular weight excluding hydrogens is 284 g/mol. The molecule has 0 radical (unpaired) electrons. The molecule has 0 fully saturated rings. The molecule has 0 saturated carbocycles. The van der Waals surface area contributed by atoms with Crippen molar-refractivity contribution >= 4 is 15.7 Å². The lowest BCUT2D eigenvalue weighted by molar-refractivity contribution is 0.592. The minimum absolute atomic E-state index is 0.276. The lowest BCUT2D eigenvalue weighted by Crippen LogP contribution is -2.29. The highest BCUT2D eigenvalue weighted by molar-refractivity contribution is 7.92. The van der Waals surface area contributed by atoms with E-state index in [1.165, 1.54) is 4.31 Å². The van der Waals surface area contributed by atoms with Crippen LogP contribution in [0.2, 0.25) is 0 Å². The molecule has 5 heteroatoms. The van der Waals surface area contributed by atoms with Gasteiger partial charge in [-0.25, -0.2) is 8.42 Å². The van der Waals surface area contributed by atoms with Crippen LogP contribution in [0.4, 0.5) is 5.69 Å². The summed E-state index contributed by atoms with van der Waals surface area (Å²) in [5.74, 6) is 0. The summed E-state index contributed by atoms with van der Waals surface area (Å²) in [5, 5.41) is 9.08. The van der Waals surface area contributed by atoms with Crippen molar-refractivity contribution in [1.82, 2.24) is 0 Å². The molecule has 0 N–H and O–H groups in total. The van der Waals surface area contributed by atoms with Gasteiger partial charge in [0.15, 0.2) is 0 Å². The molecule has 1 aliphatic heterocycles. The predicted molar refractivity (Wildman–Crippen MR) is 80.6 cm³/mol. The molecule has 1 aliphatic rings. The summed E-state index contributed by atoms with van der Waals surface area (Å²) in [4.78, 5) is 0.276. The van der Waals surface area contributed by atoms with E-state index in [9.17, 15) is 8.42 Å². The van der Waals surface area contributed by atoms with Gasteiger partial charge in [0.25, 0.3) is 10.0 Å². The SMILES string of the molecule is Cc1cc(C#N)cc2c1CCN2S(=O)(=O)c1ccccc1. The van der Waals surface area contributed by atoms with Gasteiger partial charge in [-0.05, 0) is 48.7 Å². The second-order valence-corrected chi connectivity index (χ2v) is 6.91. The second kappa shape index (κ2) is 4.90. The Morgan fingerprint density at radius 3 is 2.57 bits per heavy atom. The van der Waals surface area contributed by atoms with Gasteiger partial charge in [0, 0.05) is 6.54 Å². The average molecular weight is 298 g/mol. The molecule has 1 heterocycles. The molecule has 0 amide bonds. The summed E-state index contributed by atoms with van der Waals surface area (Å²) >= 11 is 0. The normalized spacial score (nSPS) is 13.8. The number of nitriles is 1. The highest BCUT2D eigenvalue weighted by Gasteiger charge is 2.31. The lowest BCUT2D eigenvalue weighted by atomic mass is 10.0. The number of hydrogen-bond acceptors (Lipinski definition) is 3. The van der Waals surface area contributed by atoms with Gasteiger partial charge in [0.2, 0.25) is 0 Å². The highest BCUT2D eigenvalue weighted by Crippen LogP contribution is 2.35. The molecule has 0 bridgehead atoms. The third kappa shape index (κ3) is 2.18. The first kappa shape index (κ1) is 13.7. The number of sulfonamides is 1. The third-order valence-corrected chi connectivity index (χ3v) is 5.57. The first-order valence-corrected chi connectivity index (χ1v) is 8.09. The molecule has 106 valence electrons. The Bertz CT molecular complexity index is 837. The van der Waals surface area contributed by atoms with Crippen molar-refractivity contribution in [2.45, 2.75) is 18.2 Å². The molecule has 3 rings (SSSR count). The van der Waals surface area contributed by atoms with E-state index < -0.39 is 10.0 Å². The van der Waals surface area contributed by atoms with Crippen LogP contribution in [0.5, 0.6) is 0 Å². The molecule has 21 heavy (non-hydrogen) atoms. The number of nitrogens with zero attached hydrogens (tertiary/aromatic N) is 2. The smallest absolute Gasteiger partial charge is 0.264 e. The van der Waals surface area contributed by atoms with E-state index in [1.807, 2.05) is 6.92 Å². The van der Waals surface area contributed by atoms with Gasteiger partial charge >= 0.3 is 0 Å². The van der Waals surface area contributed by atoms with Crippen molar-refractivity contribution in [2.75, 3.05) is 10.8 Å². The van der Waals surface area contributed by atoms with Crippen molar-refractivity contribution in [3.8, 4) is 6.07 Å². The Morgan fingerprint density at radius 2 is 1.90 bits per heavy atom. The molecule has 0 aromatic heterocycles. The van der Waals surface area contributed by atoms with Crippen LogP contribution in [-0.2, 0) is 16.4 Å². The van der Waals surface area contributed by atoms with Gasteiger partial charge in [-0.3, -0.25) is 4.31 Å². The van der Waals surface area contributed by atoms with Crippen molar-refractivity contribution < 1.29 is 8.42 Å². The quantitative estimate of drug-likeness (QED) is 0.856. The lowest BCUT2D eigenvalue weighted by Gasteiger charge is -2.20. The third-order valence-electron chi connectivity index (χ3n) is 3.74. The summed E-state index contributed by atoms with van der Waals surface area (Å²) in [6.45, 7) is 2.33. The Hall–Kier alpha value is -2.32. The van der Waals surface area contributed by atoms with E-state index in [0.717, 1.165) is 11.1 Å². The first-order valence-electron chi connectivity index (χ1n) is 6.65. The van der Waals surface area contributed by atoms with Crippen molar-refractivity contribution in [3.63, 3.8) is 0 Å². The fraction of sp³-hybridized carbons (Fsp3) is 0.188. The van der Waals surface area contributed by atoms with Crippen LogP contribution < -0.4 is 4.31 Å². The van der Waals surface area contributed by atoms with Gasteiger partial charge in [0.05, 0.1) is 22.2 Å². The maximum atomic E-state index is 12.8. The van der Waals surface area contributed by atoms with Crippen LogP contribution in [0.3, 0.4) is 0 Å². The molecule has 2 aromatic carbocycles. The van der Waals surface area contributed by atoms with E-state index in [-0.39, 0.29) is 4.90 Å². The highest BCUT2D eigenvalue weighted by atomic mass is 32.2. The standard InChI is InChI=1S/C16H14N2O2S/c1-12-9-13(11-17)10-16-15(12)7-8-18(16)21(19,20)14-5-3-2-4-6-14/h2-6,9-10H,7-8H2,1H3. The zero-order valence-corrected chi connectivity index (χ0v) is 12.4. The van der Waals surface area contributed by atoms with E-state index in [0.29, 0.717) is 24.2 Å². The molecule has 0 saturated heterocycles. The Kier molecular flexibility index (Phi) is 3.19. The maximum absolute atomic E-state index is 12.8. The molecule has 0 unspecified atom stereocenters. The van der Waals surface area contributed by atoms with E-state index >= 15 is 0 Å². The minimum Gasteiger partial charge on any atom is -0.266 e. The van der Waals surface area contributed by atoms with E-state index in [2.05, 4.69) is 6.07 Å². The zero-order chi connectivity index (χ0) is 15.0. The van der Waals surface area contributed by atoms with Crippen LogP contribution in [0, 0.1) is 18.3 Å². The number of aryl methyl sites for hydroxylation is 1. The summed E-state index contributed by atoms with van der Waals surface area (Å²) in [5.41, 5.74) is 3.10. The van der Waals surface area contributed by atoms with Crippen molar-refractivity contribution in [3.05, 3.63) is 59.2 Å². The molecule has 0 atom stereocenters. The van der Waals surface area contributed by atoms with Gasteiger partial charge in [-0.15, -0.1) is 0 Å². The van der Waals surface area contributed by atoms with Crippen LogP contribution in [-0.4, -0.2) is 15.0 Å². The summed E-state index contributed by atoms with van der Waals surface area (Å²) in [7, 11) is -3.57. The van der Waals surface area contributed by atoms with Gasteiger partial charge in [-0.2, -0.15) is 5.26 Å². The van der Waals surface area contributed by atoms with E-state index in [4.69, 9.17) is 5.26 Å². The zero-order valence-electron chi connectivity index (χ0n) is 11.6. The maximum Gasteiger partial charge on any atom is 0.264 e. The molecule has 2 aromatic rings. The van der Waals surface area contributed by atoms with Crippen molar-refractivity contribution in [2.24, 2.45) is 0 Å². The summed E-state index contributed by atoms with van der Waals surface area (Å²) < 4.78 is 26.9. The second-order valence-electron chi connectivity index (χ2n) is 5.04. The summed E-state index contributed by atoms with van der Waals surface area (Å²) in [6.07, 6.45) is 0.680. The van der Waals surface area contributed by atoms with Gasteiger partial charge < -0.3 is 0 Å². The van der Waals surface area contributed by atoms with Crippen LogP contribution >= 0.6 is 0 Å². The monoisotopic (exact) mass is 298 g/mol. The molecule has 4 nitrogen and oxygen atoms in total.